The van der Waals surface area contributed by atoms with Gasteiger partial charge in [0.2, 0.25) is 0 Å². The normalized spacial score (nSPS) is 22.9. The van der Waals surface area contributed by atoms with E-state index in [9.17, 15) is 0 Å². The summed E-state index contributed by atoms with van der Waals surface area (Å²) in [4.78, 5) is 2.58. The van der Waals surface area contributed by atoms with E-state index in [0.29, 0.717) is 12.1 Å². The number of benzene rings is 1. The lowest BCUT2D eigenvalue weighted by atomic mass is 10.1. The van der Waals surface area contributed by atoms with Crippen LogP contribution in [0.1, 0.15) is 37.4 Å². The number of nitrogens with zero attached hydrogens (tertiary/aromatic N) is 1. The number of hydrogen-bond acceptors (Lipinski definition) is 2. The molecule has 0 bridgehead atoms. The van der Waals surface area contributed by atoms with Crippen LogP contribution in [-0.2, 0) is 0 Å². The van der Waals surface area contributed by atoms with Gasteiger partial charge in [-0.2, -0.15) is 0 Å². The highest BCUT2D eigenvalue weighted by atomic mass is 15.2. The van der Waals surface area contributed by atoms with E-state index < -0.39 is 0 Å². The predicted molar refractivity (Wildman–Crippen MR) is 73.2 cm³/mol. The number of likely N-dealkylation sites (N-methyl/N-ethyl adjacent to an activating group) is 1. The molecule has 1 aromatic rings. The quantitative estimate of drug-likeness (QED) is 0.858. The second kappa shape index (κ2) is 5.65. The van der Waals surface area contributed by atoms with Gasteiger partial charge in [-0.3, -0.25) is 4.90 Å². The van der Waals surface area contributed by atoms with Gasteiger partial charge in [-0.15, -0.1) is 0 Å². The molecule has 2 atom stereocenters. The van der Waals surface area contributed by atoms with E-state index in [1.165, 1.54) is 30.6 Å². The van der Waals surface area contributed by atoms with Crippen LogP contribution >= 0.6 is 0 Å². The summed E-state index contributed by atoms with van der Waals surface area (Å²) in [7, 11) is 0. The molecule has 1 N–H and O–H groups in total. The Morgan fingerprint density at radius 2 is 2.06 bits per heavy atom. The molecule has 2 unspecified atom stereocenters. The molecule has 0 radical (unpaired) electrons. The molecule has 2 heteroatoms. The zero-order valence-electron chi connectivity index (χ0n) is 11.2. The van der Waals surface area contributed by atoms with Crippen molar-refractivity contribution in [2.24, 2.45) is 0 Å². The highest BCUT2D eigenvalue weighted by Gasteiger charge is 2.25. The average molecular weight is 232 g/mol. The minimum absolute atomic E-state index is 0.541. The van der Waals surface area contributed by atoms with E-state index in [1.54, 1.807) is 0 Å². The van der Waals surface area contributed by atoms with Crippen molar-refractivity contribution in [2.45, 2.75) is 39.3 Å². The summed E-state index contributed by atoms with van der Waals surface area (Å²) in [5.41, 5.74) is 2.78. The Morgan fingerprint density at radius 1 is 1.35 bits per heavy atom. The van der Waals surface area contributed by atoms with Gasteiger partial charge in [-0.05, 0) is 32.4 Å². The molecular formula is C15H24N2. The summed E-state index contributed by atoms with van der Waals surface area (Å²) >= 11 is 0. The van der Waals surface area contributed by atoms with Crippen molar-refractivity contribution in [3.05, 3.63) is 35.4 Å². The minimum Gasteiger partial charge on any atom is -0.313 e. The van der Waals surface area contributed by atoms with Crippen molar-refractivity contribution in [2.75, 3.05) is 19.6 Å². The van der Waals surface area contributed by atoms with Crippen molar-refractivity contribution in [1.29, 1.82) is 0 Å². The number of hydrogen-bond donors (Lipinski definition) is 1. The maximum Gasteiger partial charge on any atom is 0.0320 e. The third kappa shape index (κ3) is 3.08. The van der Waals surface area contributed by atoms with Gasteiger partial charge in [-0.1, -0.05) is 36.8 Å². The van der Waals surface area contributed by atoms with Gasteiger partial charge in [0.15, 0.2) is 0 Å². The van der Waals surface area contributed by atoms with Crippen molar-refractivity contribution >= 4 is 0 Å². The van der Waals surface area contributed by atoms with Crippen LogP contribution in [0.25, 0.3) is 0 Å². The van der Waals surface area contributed by atoms with Crippen LogP contribution < -0.4 is 5.32 Å². The van der Waals surface area contributed by atoms with Crippen LogP contribution in [-0.4, -0.2) is 30.6 Å². The standard InChI is InChI=1S/C15H24N2/c1-4-16-15-9-10-17(11-15)13(3)14-7-5-12(2)6-8-14/h5-8,13,15-16H,4,9-11H2,1-3H3. The first-order valence-corrected chi connectivity index (χ1v) is 6.74. The summed E-state index contributed by atoms with van der Waals surface area (Å²) in [6.07, 6.45) is 1.28. The first-order chi connectivity index (χ1) is 8.20. The van der Waals surface area contributed by atoms with E-state index in [2.05, 4.69) is 55.3 Å². The van der Waals surface area contributed by atoms with Crippen molar-refractivity contribution < 1.29 is 0 Å². The molecule has 1 aromatic carbocycles. The monoisotopic (exact) mass is 232 g/mol. The zero-order valence-corrected chi connectivity index (χ0v) is 11.2. The molecule has 0 aliphatic carbocycles. The first kappa shape index (κ1) is 12.6. The molecule has 1 aliphatic heterocycles. The molecule has 0 amide bonds. The van der Waals surface area contributed by atoms with Gasteiger partial charge in [0.1, 0.15) is 0 Å². The number of likely N-dealkylation sites (tertiary alicyclic amines) is 1. The van der Waals surface area contributed by atoms with Gasteiger partial charge in [0, 0.05) is 25.2 Å². The highest BCUT2D eigenvalue weighted by molar-refractivity contribution is 5.24. The Morgan fingerprint density at radius 3 is 2.71 bits per heavy atom. The summed E-state index contributed by atoms with van der Waals surface area (Å²) < 4.78 is 0. The molecule has 17 heavy (non-hydrogen) atoms. The Labute approximate surface area is 105 Å². The van der Waals surface area contributed by atoms with E-state index in [-0.39, 0.29) is 0 Å². The minimum atomic E-state index is 0.541. The van der Waals surface area contributed by atoms with Gasteiger partial charge in [0.05, 0.1) is 0 Å². The third-order valence-corrected chi connectivity index (χ3v) is 3.82. The summed E-state index contributed by atoms with van der Waals surface area (Å²) in [5.74, 6) is 0. The lowest BCUT2D eigenvalue weighted by molar-refractivity contribution is 0.256. The van der Waals surface area contributed by atoms with Gasteiger partial charge in [0.25, 0.3) is 0 Å². The molecule has 1 aliphatic rings. The van der Waals surface area contributed by atoms with E-state index in [1.807, 2.05) is 0 Å². The fourth-order valence-electron chi connectivity index (χ4n) is 2.65. The van der Waals surface area contributed by atoms with Crippen LogP contribution in [0, 0.1) is 6.92 Å². The predicted octanol–water partition coefficient (Wildman–Crippen LogP) is 2.74. The van der Waals surface area contributed by atoms with E-state index >= 15 is 0 Å². The van der Waals surface area contributed by atoms with Crippen molar-refractivity contribution in [3.8, 4) is 0 Å². The third-order valence-electron chi connectivity index (χ3n) is 3.82. The molecule has 0 aromatic heterocycles. The molecule has 1 fully saturated rings. The Balaban J connectivity index is 1.96. The van der Waals surface area contributed by atoms with Crippen LogP contribution in [0.4, 0.5) is 0 Å². The second-order valence-electron chi connectivity index (χ2n) is 5.12. The van der Waals surface area contributed by atoms with E-state index in [0.717, 1.165) is 6.54 Å². The number of aryl methyl sites for hydroxylation is 1. The molecular weight excluding hydrogens is 208 g/mol. The Kier molecular flexibility index (Phi) is 4.19. The SMILES string of the molecule is CCNC1CCN(C(C)c2ccc(C)cc2)C1. The first-order valence-electron chi connectivity index (χ1n) is 6.74. The topological polar surface area (TPSA) is 15.3 Å². The molecule has 1 heterocycles. The fraction of sp³-hybridized carbons (Fsp3) is 0.600. The largest absolute Gasteiger partial charge is 0.313 e. The number of nitrogens with one attached hydrogen (secondary N) is 1. The molecule has 2 rings (SSSR count). The maximum absolute atomic E-state index is 3.55. The molecule has 0 saturated carbocycles. The summed E-state index contributed by atoms with van der Waals surface area (Å²) in [5, 5.41) is 3.55. The van der Waals surface area contributed by atoms with Crippen molar-refractivity contribution in [1.82, 2.24) is 10.2 Å². The van der Waals surface area contributed by atoms with Crippen molar-refractivity contribution in [3.63, 3.8) is 0 Å². The molecule has 94 valence electrons. The second-order valence-corrected chi connectivity index (χ2v) is 5.12. The van der Waals surface area contributed by atoms with Crippen LogP contribution in [0.3, 0.4) is 0 Å². The van der Waals surface area contributed by atoms with Gasteiger partial charge in [-0.25, -0.2) is 0 Å². The van der Waals surface area contributed by atoms with Crippen LogP contribution in [0.15, 0.2) is 24.3 Å². The van der Waals surface area contributed by atoms with Crippen LogP contribution in [0.2, 0.25) is 0 Å². The highest BCUT2D eigenvalue weighted by Crippen LogP contribution is 2.24. The summed E-state index contributed by atoms with van der Waals surface area (Å²) in [6.45, 7) is 10.1. The zero-order chi connectivity index (χ0) is 12.3. The average Bonchev–Trinajstić information content (AvgIpc) is 2.78. The summed E-state index contributed by atoms with van der Waals surface area (Å²) in [6, 6.07) is 10.2. The van der Waals surface area contributed by atoms with E-state index in [4.69, 9.17) is 0 Å². The molecule has 0 spiro atoms. The molecule has 2 nitrogen and oxygen atoms in total. The Hall–Kier alpha value is -0.860. The Bertz CT molecular complexity index is 344. The smallest absolute Gasteiger partial charge is 0.0320 e. The molecule has 1 saturated heterocycles. The maximum atomic E-state index is 3.55. The van der Waals surface area contributed by atoms with Gasteiger partial charge < -0.3 is 5.32 Å². The van der Waals surface area contributed by atoms with Crippen LogP contribution in [0.5, 0.6) is 0 Å². The fourth-order valence-corrected chi connectivity index (χ4v) is 2.65. The lowest BCUT2D eigenvalue weighted by Gasteiger charge is -2.25. The van der Waals surface area contributed by atoms with Gasteiger partial charge >= 0.3 is 0 Å². The lowest BCUT2D eigenvalue weighted by Crippen LogP contribution is -2.33. The number of rotatable bonds is 4.